The van der Waals surface area contributed by atoms with E-state index in [2.05, 4.69) is 26.6 Å². The Bertz CT molecular complexity index is 689. The predicted octanol–water partition coefficient (Wildman–Crippen LogP) is 5.16. The van der Waals surface area contributed by atoms with Crippen LogP contribution in [-0.4, -0.2) is 6.03 Å². The standard InChI is InChI=1S/C13H7BrClF3N2O/c14-8-3-7(17)4-9(15)12(8)20-13(21)19-11-2-1-6(16)5-10(11)18/h1-5H,(H2,19,20,21). The third-order valence-electron chi connectivity index (χ3n) is 2.42. The number of nitrogens with one attached hydrogen (secondary N) is 2. The van der Waals surface area contributed by atoms with E-state index in [1.807, 2.05) is 0 Å². The highest BCUT2D eigenvalue weighted by molar-refractivity contribution is 9.10. The van der Waals surface area contributed by atoms with Gasteiger partial charge in [0.05, 0.1) is 16.4 Å². The average Bonchev–Trinajstić information content (AvgIpc) is 2.37. The maximum atomic E-state index is 13.4. The number of carbonyl (C=O) groups is 1. The number of hydrogen-bond donors (Lipinski definition) is 2. The molecule has 21 heavy (non-hydrogen) atoms. The largest absolute Gasteiger partial charge is 0.323 e. The number of anilines is 2. The second-order valence-corrected chi connectivity index (χ2v) is 5.21. The van der Waals surface area contributed by atoms with Gasteiger partial charge in [0.2, 0.25) is 0 Å². The fourth-order valence-electron chi connectivity index (χ4n) is 1.52. The fraction of sp³-hybridized carbons (Fsp3) is 0. The molecule has 0 spiro atoms. The minimum Gasteiger partial charge on any atom is -0.305 e. The van der Waals surface area contributed by atoms with E-state index in [9.17, 15) is 18.0 Å². The lowest BCUT2D eigenvalue weighted by Crippen LogP contribution is -2.20. The van der Waals surface area contributed by atoms with Crippen LogP contribution in [0.5, 0.6) is 0 Å². The zero-order chi connectivity index (χ0) is 15.6. The fourth-order valence-corrected chi connectivity index (χ4v) is 2.42. The van der Waals surface area contributed by atoms with Crippen molar-refractivity contribution in [2.24, 2.45) is 0 Å². The first kappa shape index (κ1) is 15.7. The Hall–Kier alpha value is -1.73. The summed E-state index contributed by atoms with van der Waals surface area (Å²) < 4.78 is 39.4. The Kier molecular flexibility index (Phi) is 4.74. The average molecular weight is 380 g/mol. The normalized spacial score (nSPS) is 10.3. The van der Waals surface area contributed by atoms with Crippen LogP contribution in [-0.2, 0) is 0 Å². The topological polar surface area (TPSA) is 41.1 Å². The zero-order valence-electron chi connectivity index (χ0n) is 10.2. The summed E-state index contributed by atoms with van der Waals surface area (Å²) in [7, 11) is 0. The van der Waals surface area contributed by atoms with E-state index in [4.69, 9.17) is 11.6 Å². The molecule has 0 radical (unpaired) electrons. The summed E-state index contributed by atoms with van der Waals surface area (Å²) >= 11 is 8.84. The molecular formula is C13H7BrClF3N2O. The van der Waals surface area contributed by atoms with Crippen molar-refractivity contribution in [3.05, 3.63) is 57.3 Å². The predicted molar refractivity (Wildman–Crippen MR) is 78.1 cm³/mol. The van der Waals surface area contributed by atoms with Gasteiger partial charge in [-0.05, 0) is 40.2 Å². The van der Waals surface area contributed by atoms with Crippen LogP contribution >= 0.6 is 27.5 Å². The summed E-state index contributed by atoms with van der Waals surface area (Å²) in [6.45, 7) is 0. The quantitative estimate of drug-likeness (QED) is 0.743. The Morgan fingerprint density at radius 3 is 2.38 bits per heavy atom. The molecule has 2 aromatic rings. The lowest BCUT2D eigenvalue weighted by atomic mass is 10.3. The third kappa shape index (κ3) is 3.89. The Balaban J connectivity index is 2.16. The van der Waals surface area contributed by atoms with Crippen molar-refractivity contribution in [2.75, 3.05) is 10.6 Å². The maximum absolute atomic E-state index is 13.4. The van der Waals surface area contributed by atoms with Crippen molar-refractivity contribution < 1.29 is 18.0 Å². The number of hydrogen-bond acceptors (Lipinski definition) is 1. The molecule has 0 heterocycles. The van der Waals surface area contributed by atoms with E-state index in [-0.39, 0.29) is 20.9 Å². The van der Waals surface area contributed by atoms with Crippen LogP contribution in [0.25, 0.3) is 0 Å². The first-order chi connectivity index (χ1) is 9.86. The molecule has 0 unspecified atom stereocenters. The van der Waals surface area contributed by atoms with Gasteiger partial charge in [-0.1, -0.05) is 11.6 Å². The number of amides is 2. The van der Waals surface area contributed by atoms with Gasteiger partial charge in [-0.3, -0.25) is 0 Å². The van der Waals surface area contributed by atoms with Crippen LogP contribution in [0.3, 0.4) is 0 Å². The molecule has 0 aliphatic heterocycles. The molecule has 2 rings (SSSR count). The zero-order valence-corrected chi connectivity index (χ0v) is 12.5. The molecule has 110 valence electrons. The highest BCUT2D eigenvalue weighted by atomic mass is 79.9. The van der Waals surface area contributed by atoms with Crippen LogP contribution < -0.4 is 10.6 Å². The molecule has 2 N–H and O–H groups in total. The van der Waals surface area contributed by atoms with E-state index in [1.165, 1.54) is 0 Å². The highest BCUT2D eigenvalue weighted by Crippen LogP contribution is 2.31. The van der Waals surface area contributed by atoms with Gasteiger partial charge in [0.25, 0.3) is 0 Å². The van der Waals surface area contributed by atoms with Crippen LogP contribution in [0.15, 0.2) is 34.8 Å². The van der Waals surface area contributed by atoms with Crippen molar-refractivity contribution in [2.45, 2.75) is 0 Å². The Morgan fingerprint density at radius 2 is 1.76 bits per heavy atom. The van der Waals surface area contributed by atoms with Gasteiger partial charge in [0, 0.05) is 10.5 Å². The molecule has 0 saturated heterocycles. The molecule has 8 heteroatoms. The second-order valence-electron chi connectivity index (χ2n) is 3.95. The maximum Gasteiger partial charge on any atom is 0.323 e. The molecule has 0 fully saturated rings. The van der Waals surface area contributed by atoms with Crippen molar-refractivity contribution in [1.29, 1.82) is 0 Å². The number of halogens is 5. The van der Waals surface area contributed by atoms with Crippen molar-refractivity contribution in [1.82, 2.24) is 0 Å². The van der Waals surface area contributed by atoms with E-state index < -0.39 is 23.5 Å². The molecule has 0 aliphatic rings. The monoisotopic (exact) mass is 378 g/mol. The molecular weight excluding hydrogens is 373 g/mol. The summed E-state index contributed by atoms with van der Waals surface area (Å²) in [5, 5.41) is 4.50. The van der Waals surface area contributed by atoms with Crippen LogP contribution in [0.2, 0.25) is 5.02 Å². The first-order valence-corrected chi connectivity index (χ1v) is 6.71. The van der Waals surface area contributed by atoms with E-state index >= 15 is 0 Å². The first-order valence-electron chi connectivity index (χ1n) is 5.54. The number of rotatable bonds is 2. The van der Waals surface area contributed by atoms with Crippen LogP contribution in [0, 0.1) is 17.5 Å². The van der Waals surface area contributed by atoms with Gasteiger partial charge in [-0.15, -0.1) is 0 Å². The second kappa shape index (κ2) is 6.36. The molecule has 2 aromatic carbocycles. The molecule has 3 nitrogen and oxygen atoms in total. The van der Waals surface area contributed by atoms with Gasteiger partial charge in [0.15, 0.2) is 0 Å². The van der Waals surface area contributed by atoms with Crippen molar-refractivity contribution in [3.8, 4) is 0 Å². The summed E-state index contributed by atoms with van der Waals surface area (Å²) in [6, 6.07) is 4.02. The summed E-state index contributed by atoms with van der Waals surface area (Å²) in [5.74, 6) is -2.26. The van der Waals surface area contributed by atoms with E-state index in [0.29, 0.717) is 6.07 Å². The van der Waals surface area contributed by atoms with Gasteiger partial charge in [-0.25, -0.2) is 18.0 Å². The number of benzene rings is 2. The summed E-state index contributed by atoms with van der Waals surface area (Å²) in [4.78, 5) is 11.8. The SMILES string of the molecule is O=C(Nc1ccc(F)cc1F)Nc1c(Cl)cc(F)cc1Br. The minimum atomic E-state index is -0.922. The molecule has 0 aromatic heterocycles. The smallest absolute Gasteiger partial charge is 0.305 e. The Morgan fingerprint density at radius 1 is 1.05 bits per heavy atom. The van der Waals surface area contributed by atoms with E-state index in [0.717, 1.165) is 24.3 Å². The lowest BCUT2D eigenvalue weighted by Gasteiger charge is -2.11. The van der Waals surface area contributed by atoms with Gasteiger partial charge >= 0.3 is 6.03 Å². The number of urea groups is 1. The molecule has 0 saturated carbocycles. The lowest BCUT2D eigenvalue weighted by molar-refractivity contribution is 0.262. The highest BCUT2D eigenvalue weighted by Gasteiger charge is 2.13. The van der Waals surface area contributed by atoms with Gasteiger partial charge in [-0.2, -0.15) is 0 Å². The molecule has 0 aliphatic carbocycles. The number of carbonyl (C=O) groups excluding carboxylic acids is 1. The van der Waals surface area contributed by atoms with Crippen LogP contribution in [0.1, 0.15) is 0 Å². The molecule has 2 amide bonds. The minimum absolute atomic E-state index is 0.0309. The van der Waals surface area contributed by atoms with E-state index in [1.54, 1.807) is 0 Å². The van der Waals surface area contributed by atoms with Crippen LogP contribution in [0.4, 0.5) is 29.3 Å². The van der Waals surface area contributed by atoms with Gasteiger partial charge in [0.1, 0.15) is 17.5 Å². The summed E-state index contributed by atoms with van der Waals surface area (Å²) in [6.07, 6.45) is 0. The third-order valence-corrected chi connectivity index (χ3v) is 3.35. The van der Waals surface area contributed by atoms with Crippen molar-refractivity contribution >= 4 is 44.9 Å². The Labute approximate surface area is 131 Å². The van der Waals surface area contributed by atoms with Crippen molar-refractivity contribution in [3.63, 3.8) is 0 Å². The molecule has 0 atom stereocenters. The summed E-state index contributed by atoms with van der Waals surface area (Å²) in [5.41, 5.74) is -0.0821. The molecule has 0 bridgehead atoms. The van der Waals surface area contributed by atoms with Gasteiger partial charge < -0.3 is 10.6 Å².